The molecule has 2 aromatic rings. The van der Waals surface area contributed by atoms with E-state index in [1.165, 1.54) is 0 Å². The van der Waals surface area contributed by atoms with Gasteiger partial charge >= 0.3 is 137 Å². The predicted molar refractivity (Wildman–Crippen MR) is 87.0 cm³/mol. The van der Waals surface area contributed by atoms with Gasteiger partial charge in [-0.1, -0.05) is 0 Å². The molecule has 4 nitrogen and oxygen atoms in total. The van der Waals surface area contributed by atoms with Crippen LogP contribution in [-0.4, -0.2) is 32.9 Å². The molecule has 1 atom stereocenters. The molecule has 22 heavy (non-hydrogen) atoms. The first kappa shape index (κ1) is 16.2. The molecular weight excluding hydrogens is 343 g/mol. The third-order valence-corrected chi connectivity index (χ3v) is 3.32. The van der Waals surface area contributed by atoms with E-state index in [0.717, 1.165) is 11.1 Å². The average molecular weight is 359 g/mol. The van der Waals surface area contributed by atoms with Crippen LogP contribution in [-0.2, 0) is 11.3 Å². The number of carbonyl (C=O) groups is 1. The van der Waals surface area contributed by atoms with Gasteiger partial charge in [-0.2, -0.15) is 0 Å². The Morgan fingerprint density at radius 3 is 2.41 bits per heavy atom. The average Bonchev–Trinajstić information content (AvgIpc) is 2.58. The van der Waals surface area contributed by atoms with Crippen molar-refractivity contribution in [2.45, 2.75) is 12.6 Å². The zero-order chi connectivity index (χ0) is 15.6. The SMILES string of the molecule is O=C(NC(CN=C=[Se])c1ccccc1)OCc1ccccc1. The van der Waals surface area contributed by atoms with Gasteiger partial charge in [-0.05, 0) is 0 Å². The van der Waals surface area contributed by atoms with Gasteiger partial charge in [0.1, 0.15) is 0 Å². The third-order valence-electron chi connectivity index (χ3n) is 3.05. The topological polar surface area (TPSA) is 50.7 Å². The van der Waals surface area contributed by atoms with Crippen molar-refractivity contribution in [3.05, 3.63) is 71.8 Å². The molecule has 0 spiro atoms. The summed E-state index contributed by atoms with van der Waals surface area (Å²) in [5, 5.41) is 2.83. The fourth-order valence-electron chi connectivity index (χ4n) is 1.96. The Hall–Kier alpha value is -2.19. The van der Waals surface area contributed by atoms with Gasteiger partial charge in [-0.25, -0.2) is 0 Å². The van der Waals surface area contributed by atoms with Gasteiger partial charge in [0.2, 0.25) is 0 Å². The summed E-state index contributed by atoms with van der Waals surface area (Å²) in [6.07, 6.45) is -0.465. The molecule has 0 aromatic heterocycles. The molecule has 0 saturated carbocycles. The van der Waals surface area contributed by atoms with Crippen LogP contribution in [0.3, 0.4) is 0 Å². The van der Waals surface area contributed by atoms with Crippen molar-refractivity contribution in [1.29, 1.82) is 0 Å². The van der Waals surface area contributed by atoms with Crippen LogP contribution in [0.5, 0.6) is 0 Å². The number of ether oxygens (including phenoxy) is 1. The molecule has 0 saturated heterocycles. The Labute approximate surface area is 137 Å². The van der Waals surface area contributed by atoms with Gasteiger partial charge in [0.25, 0.3) is 0 Å². The van der Waals surface area contributed by atoms with Gasteiger partial charge in [0.05, 0.1) is 0 Å². The van der Waals surface area contributed by atoms with Crippen molar-refractivity contribution in [3.8, 4) is 0 Å². The number of amides is 1. The Bertz CT molecular complexity index is 640. The van der Waals surface area contributed by atoms with E-state index < -0.39 is 6.09 Å². The first-order chi connectivity index (χ1) is 10.8. The van der Waals surface area contributed by atoms with E-state index in [0.29, 0.717) is 6.54 Å². The molecule has 0 aliphatic carbocycles. The Morgan fingerprint density at radius 1 is 1.14 bits per heavy atom. The second-order valence-electron chi connectivity index (χ2n) is 4.60. The number of nitrogens with one attached hydrogen (secondary N) is 1. The molecule has 0 bridgehead atoms. The summed E-state index contributed by atoms with van der Waals surface area (Å²) < 4.78 is 7.85. The van der Waals surface area contributed by atoms with E-state index in [1.807, 2.05) is 60.7 Å². The van der Waals surface area contributed by atoms with Crippen molar-refractivity contribution in [2.75, 3.05) is 6.54 Å². The van der Waals surface area contributed by atoms with Gasteiger partial charge in [-0.3, -0.25) is 0 Å². The van der Waals surface area contributed by atoms with Crippen molar-refractivity contribution in [3.63, 3.8) is 0 Å². The zero-order valence-corrected chi connectivity index (χ0v) is 13.7. The quantitative estimate of drug-likeness (QED) is 0.637. The molecule has 112 valence electrons. The minimum absolute atomic E-state index is 0.241. The van der Waals surface area contributed by atoms with Gasteiger partial charge < -0.3 is 0 Å². The zero-order valence-electron chi connectivity index (χ0n) is 11.9. The van der Waals surface area contributed by atoms with Crippen LogP contribution in [0.2, 0.25) is 0 Å². The second-order valence-corrected chi connectivity index (χ2v) is 4.98. The number of rotatable bonds is 6. The molecule has 0 aliphatic rings. The van der Waals surface area contributed by atoms with Crippen LogP contribution in [0, 0.1) is 0 Å². The molecule has 2 rings (SSSR count). The molecule has 0 heterocycles. The number of aliphatic imine (C=N–C) groups is 1. The molecule has 1 amide bonds. The van der Waals surface area contributed by atoms with Crippen LogP contribution in [0.15, 0.2) is 65.7 Å². The fourth-order valence-corrected chi connectivity index (χ4v) is 2.11. The summed E-state index contributed by atoms with van der Waals surface area (Å²) in [7, 11) is 0. The Morgan fingerprint density at radius 2 is 1.77 bits per heavy atom. The Balaban J connectivity index is 1.94. The van der Waals surface area contributed by atoms with E-state index in [2.05, 4.69) is 30.6 Å². The molecule has 5 heteroatoms. The van der Waals surface area contributed by atoms with E-state index in [9.17, 15) is 4.79 Å². The van der Waals surface area contributed by atoms with Crippen molar-refractivity contribution >= 4 is 26.4 Å². The standard InChI is InChI=1S/C17H16N2O2Se/c20-17(21-12-14-7-3-1-4-8-14)19-16(11-18-13-22)15-9-5-2-6-10-15/h1-10,16H,11-12H2,(H,19,20). The van der Waals surface area contributed by atoms with Crippen molar-refractivity contribution < 1.29 is 9.53 Å². The summed E-state index contributed by atoms with van der Waals surface area (Å²) in [4.78, 5) is 16.0. The minimum atomic E-state index is -0.465. The normalized spacial score (nSPS) is 11.1. The van der Waals surface area contributed by atoms with Crippen LogP contribution < -0.4 is 5.32 Å². The van der Waals surface area contributed by atoms with Gasteiger partial charge in [-0.15, -0.1) is 0 Å². The monoisotopic (exact) mass is 360 g/mol. The predicted octanol–water partition coefficient (Wildman–Crippen LogP) is 2.73. The van der Waals surface area contributed by atoms with Crippen LogP contribution in [0.25, 0.3) is 0 Å². The maximum absolute atomic E-state index is 12.0. The summed E-state index contributed by atoms with van der Waals surface area (Å²) in [6.45, 7) is 0.641. The molecule has 0 radical (unpaired) electrons. The van der Waals surface area contributed by atoms with Crippen LogP contribution >= 0.6 is 0 Å². The third kappa shape index (κ3) is 5.30. The summed E-state index contributed by atoms with van der Waals surface area (Å²) >= 11 is 2.59. The van der Waals surface area contributed by atoms with E-state index in [-0.39, 0.29) is 12.6 Å². The van der Waals surface area contributed by atoms with Crippen molar-refractivity contribution in [2.24, 2.45) is 4.99 Å². The number of benzene rings is 2. The molecule has 1 unspecified atom stereocenters. The molecule has 0 aliphatic heterocycles. The first-order valence-electron chi connectivity index (χ1n) is 6.85. The van der Waals surface area contributed by atoms with Gasteiger partial charge in [0.15, 0.2) is 0 Å². The van der Waals surface area contributed by atoms with Gasteiger partial charge in [0, 0.05) is 0 Å². The van der Waals surface area contributed by atoms with Crippen LogP contribution in [0.1, 0.15) is 17.2 Å². The van der Waals surface area contributed by atoms with E-state index >= 15 is 0 Å². The maximum atomic E-state index is 12.0. The summed E-state index contributed by atoms with van der Waals surface area (Å²) in [5.41, 5.74) is 1.92. The molecule has 0 fully saturated rings. The molecule has 1 N–H and O–H groups in total. The number of alkyl carbamates (subject to hydrolysis) is 1. The summed E-state index contributed by atoms with van der Waals surface area (Å²) in [6, 6.07) is 19.0. The van der Waals surface area contributed by atoms with E-state index in [4.69, 9.17) is 4.74 Å². The number of hydrogen-bond acceptors (Lipinski definition) is 3. The number of hydrogen-bond donors (Lipinski definition) is 1. The number of carbonyl (C=O) groups excluding carboxylic acids is 1. The van der Waals surface area contributed by atoms with Crippen LogP contribution in [0.4, 0.5) is 4.79 Å². The summed E-state index contributed by atoms with van der Waals surface area (Å²) in [5.74, 6) is 0. The van der Waals surface area contributed by atoms with Crippen molar-refractivity contribution in [1.82, 2.24) is 5.32 Å². The first-order valence-corrected chi connectivity index (χ1v) is 7.71. The second kappa shape index (κ2) is 8.96. The molecule has 2 aromatic carbocycles. The fraction of sp³-hybridized carbons (Fsp3) is 0.176. The van der Waals surface area contributed by atoms with E-state index in [1.54, 1.807) is 0 Å². The Kier molecular flexibility index (Phi) is 6.59. The number of nitrogens with zero attached hydrogens (tertiary/aromatic N) is 1. The molecular formula is C17H16N2O2Se.